The highest BCUT2D eigenvalue weighted by Gasteiger charge is 2.13. The van der Waals surface area contributed by atoms with Crippen molar-refractivity contribution in [2.75, 3.05) is 0 Å². The molecule has 0 aliphatic carbocycles. The molecule has 7 nitrogen and oxygen atoms in total. The van der Waals surface area contributed by atoms with Gasteiger partial charge < -0.3 is 0 Å². The van der Waals surface area contributed by atoms with Crippen molar-refractivity contribution in [1.29, 1.82) is 0 Å². The third-order valence-electron chi connectivity index (χ3n) is 2.42. The SMILES string of the molecule is CC(C)n1c(=O)nc(-n2cccn2)n(C)c1=O. The maximum Gasteiger partial charge on any atom is 0.355 e. The van der Waals surface area contributed by atoms with Crippen LogP contribution in [0.3, 0.4) is 0 Å². The first-order chi connectivity index (χ1) is 8.02. The molecule has 2 aromatic rings. The minimum Gasteiger partial charge on any atom is -0.265 e. The molecule has 0 aliphatic rings. The highest BCUT2D eigenvalue weighted by Crippen LogP contribution is 1.98. The molecule has 0 N–H and O–H groups in total. The van der Waals surface area contributed by atoms with Crippen LogP contribution in [0.1, 0.15) is 19.9 Å². The largest absolute Gasteiger partial charge is 0.355 e. The Hall–Kier alpha value is -2.18. The van der Waals surface area contributed by atoms with Gasteiger partial charge in [0.25, 0.3) is 0 Å². The Labute approximate surface area is 97.0 Å². The third kappa shape index (κ3) is 1.79. The van der Waals surface area contributed by atoms with E-state index >= 15 is 0 Å². The predicted octanol–water partition coefficient (Wildman–Crippen LogP) is -0.291. The van der Waals surface area contributed by atoms with Gasteiger partial charge in [-0.15, -0.1) is 0 Å². The van der Waals surface area contributed by atoms with E-state index in [-0.39, 0.29) is 12.0 Å². The molecule has 0 fully saturated rings. The highest BCUT2D eigenvalue weighted by atomic mass is 16.2. The zero-order valence-corrected chi connectivity index (χ0v) is 9.86. The Balaban J connectivity index is 2.76. The number of hydrogen-bond donors (Lipinski definition) is 0. The van der Waals surface area contributed by atoms with Gasteiger partial charge in [-0.05, 0) is 19.9 Å². The van der Waals surface area contributed by atoms with Crippen LogP contribution in [0.15, 0.2) is 28.0 Å². The minimum atomic E-state index is -0.561. The molecule has 2 heterocycles. The zero-order chi connectivity index (χ0) is 12.6. The average molecular weight is 235 g/mol. The van der Waals surface area contributed by atoms with Gasteiger partial charge in [0.2, 0.25) is 5.95 Å². The quantitative estimate of drug-likeness (QED) is 0.716. The Morgan fingerprint density at radius 1 is 1.29 bits per heavy atom. The van der Waals surface area contributed by atoms with Gasteiger partial charge in [-0.25, -0.2) is 18.8 Å². The lowest BCUT2D eigenvalue weighted by Gasteiger charge is -2.12. The molecule has 0 saturated carbocycles. The standard InChI is InChI=1S/C10H13N5O2/c1-7(2)15-9(16)12-8(13(3)10(15)17)14-6-4-5-11-14/h4-7H,1-3H3. The molecule has 0 spiro atoms. The zero-order valence-electron chi connectivity index (χ0n) is 9.86. The summed E-state index contributed by atoms with van der Waals surface area (Å²) in [5, 5.41) is 3.95. The van der Waals surface area contributed by atoms with E-state index in [0.717, 1.165) is 4.57 Å². The molecule has 0 aromatic carbocycles. The second kappa shape index (κ2) is 4.00. The third-order valence-corrected chi connectivity index (χ3v) is 2.42. The van der Waals surface area contributed by atoms with Crippen LogP contribution in [0.5, 0.6) is 0 Å². The molecule has 17 heavy (non-hydrogen) atoms. The fourth-order valence-electron chi connectivity index (χ4n) is 1.58. The van der Waals surface area contributed by atoms with Crippen molar-refractivity contribution in [3.05, 3.63) is 39.4 Å². The van der Waals surface area contributed by atoms with Crippen molar-refractivity contribution < 1.29 is 0 Å². The molecule has 2 aromatic heterocycles. The molecular formula is C10H13N5O2. The topological polar surface area (TPSA) is 74.7 Å². The van der Waals surface area contributed by atoms with E-state index < -0.39 is 11.4 Å². The summed E-state index contributed by atoms with van der Waals surface area (Å²) in [6.07, 6.45) is 3.18. The summed E-state index contributed by atoms with van der Waals surface area (Å²) in [5.41, 5.74) is -0.959. The van der Waals surface area contributed by atoms with Crippen molar-refractivity contribution in [2.45, 2.75) is 19.9 Å². The molecule has 90 valence electrons. The summed E-state index contributed by atoms with van der Waals surface area (Å²) in [4.78, 5) is 27.6. The van der Waals surface area contributed by atoms with Crippen LogP contribution in [-0.2, 0) is 7.05 Å². The molecule has 7 heteroatoms. The van der Waals surface area contributed by atoms with Gasteiger partial charge in [0.05, 0.1) is 0 Å². The first-order valence-electron chi connectivity index (χ1n) is 5.22. The molecule has 0 atom stereocenters. The first kappa shape index (κ1) is 11.3. The molecule has 0 aliphatic heterocycles. The van der Waals surface area contributed by atoms with Crippen LogP contribution in [0.2, 0.25) is 0 Å². The summed E-state index contributed by atoms with van der Waals surface area (Å²) in [5.74, 6) is 0.210. The van der Waals surface area contributed by atoms with Gasteiger partial charge in [-0.2, -0.15) is 10.1 Å². The Bertz CT molecular complexity index is 636. The second-order valence-corrected chi connectivity index (χ2v) is 3.95. The maximum absolute atomic E-state index is 12.0. The van der Waals surface area contributed by atoms with Crippen molar-refractivity contribution in [2.24, 2.45) is 7.05 Å². The van der Waals surface area contributed by atoms with Crippen molar-refractivity contribution in [3.63, 3.8) is 0 Å². The first-order valence-corrected chi connectivity index (χ1v) is 5.22. The van der Waals surface area contributed by atoms with Crippen LogP contribution in [0.25, 0.3) is 5.95 Å². The minimum absolute atomic E-state index is 0.210. The summed E-state index contributed by atoms with van der Waals surface area (Å²) in [6, 6.07) is 1.47. The van der Waals surface area contributed by atoms with Gasteiger partial charge in [-0.3, -0.25) is 4.57 Å². The van der Waals surface area contributed by atoms with Gasteiger partial charge >= 0.3 is 11.4 Å². The molecule has 2 rings (SSSR count). The number of hydrogen-bond acceptors (Lipinski definition) is 4. The molecule has 0 bridgehead atoms. The van der Waals surface area contributed by atoms with Gasteiger partial charge in [0, 0.05) is 25.5 Å². The summed E-state index contributed by atoms with van der Waals surface area (Å²) >= 11 is 0. The molecule has 0 amide bonds. The normalized spacial score (nSPS) is 11.1. The van der Waals surface area contributed by atoms with E-state index in [9.17, 15) is 9.59 Å². The van der Waals surface area contributed by atoms with E-state index in [0.29, 0.717) is 0 Å². The fraction of sp³-hybridized carbons (Fsp3) is 0.400. The van der Waals surface area contributed by atoms with Crippen LogP contribution in [0, 0.1) is 0 Å². The number of nitrogens with zero attached hydrogens (tertiary/aromatic N) is 5. The smallest absolute Gasteiger partial charge is 0.265 e. The van der Waals surface area contributed by atoms with Crippen LogP contribution < -0.4 is 11.4 Å². The molecular weight excluding hydrogens is 222 g/mol. The Morgan fingerprint density at radius 3 is 2.53 bits per heavy atom. The fourth-order valence-corrected chi connectivity index (χ4v) is 1.58. The number of aromatic nitrogens is 5. The maximum atomic E-state index is 12.0. The van der Waals surface area contributed by atoms with E-state index in [2.05, 4.69) is 10.1 Å². The van der Waals surface area contributed by atoms with Crippen LogP contribution in [0.4, 0.5) is 0 Å². The van der Waals surface area contributed by atoms with E-state index in [1.165, 1.54) is 9.25 Å². The van der Waals surface area contributed by atoms with E-state index in [1.807, 2.05) is 0 Å². The van der Waals surface area contributed by atoms with E-state index in [1.54, 1.807) is 39.4 Å². The van der Waals surface area contributed by atoms with Gasteiger partial charge in [0.1, 0.15) is 0 Å². The van der Waals surface area contributed by atoms with E-state index in [4.69, 9.17) is 0 Å². The summed E-state index contributed by atoms with van der Waals surface area (Å²) in [6.45, 7) is 3.52. The summed E-state index contributed by atoms with van der Waals surface area (Å²) in [7, 11) is 1.56. The number of rotatable bonds is 2. The lowest BCUT2D eigenvalue weighted by Crippen LogP contribution is -2.43. The Morgan fingerprint density at radius 2 is 2.00 bits per heavy atom. The lowest BCUT2D eigenvalue weighted by molar-refractivity contribution is 0.492. The van der Waals surface area contributed by atoms with Gasteiger partial charge in [0.15, 0.2) is 0 Å². The average Bonchev–Trinajstić information content (AvgIpc) is 2.76. The molecule has 0 unspecified atom stereocenters. The molecule has 0 radical (unpaired) electrons. The lowest BCUT2D eigenvalue weighted by atomic mass is 10.4. The van der Waals surface area contributed by atoms with Crippen molar-refractivity contribution in [1.82, 2.24) is 23.9 Å². The van der Waals surface area contributed by atoms with Crippen molar-refractivity contribution in [3.8, 4) is 5.95 Å². The van der Waals surface area contributed by atoms with Crippen LogP contribution >= 0.6 is 0 Å². The Kier molecular flexibility index (Phi) is 2.66. The molecule has 0 saturated heterocycles. The monoisotopic (exact) mass is 235 g/mol. The van der Waals surface area contributed by atoms with Crippen LogP contribution in [-0.4, -0.2) is 23.9 Å². The van der Waals surface area contributed by atoms with Crippen molar-refractivity contribution >= 4 is 0 Å². The summed E-state index contributed by atoms with van der Waals surface area (Å²) < 4.78 is 3.79. The van der Waals surface area contributed by atoms with Gasteiger partial charge in [-0.1, -0.05) is 0 Å². The second-order valence-electron chi connectivity index (χ2n) is 3.95. The highest BCUT2D eigenvalue weighted by molar-refractivity contribution is 5.08. The predicted molar refractivity (Wildman–Crippen MR) is 61.2 cm³/mol.